The van der Waals surface area contributed by atoms with Crippen molar-refractivity contribution in [1.82, 2.24) is 0 Å². The molecule has 1 atom stereocenters. The van der Waals surface area contributed by atoms with Gasteiger partial charge in [-0.05, 0) is 6.92 Å². The fourth-order valence-corrected chi connectivity index (χ4v) is 1.08. The highest BCUT2D eigenvalue weighted by Gasteiger charge is 2.18. The van der Waals surface area contributed by atoms with Gasteiger partial charge in [0.15, 0.2) is 6.29 Å². The minimum absolute atomic E-state index is 0.576. The molecular weight excluding hydrogens is 184 g/mol. The molecule has 1 aliphatic heterocycles. The van der Waals surface area contributed by atoms with Crippen LogP contribution in [0.4, 0.5) is 0 Å². The summed E-state index contributed by atoms with van der Waals surface area (Å²) in [5.74, 6) is 0.877. The van der Waals surface area contributed by atoms with Gasteiger partial charge in [-0.25, -0.2) is 0 Å². The van der Waals surface area contributed by atoms with Crippen molar-refractivity contribution < 1.29 is 9.84 Å². The van der Waals surface area contributed by atoms with E-state index in [0.717, 1.165) is 23.1 Å². The molecule has 0 aliphatic carbocycles. The third kappa shape index (κ3) is 1.69. The summed E-state index contributed by atoms with van der Waals surface area (Å²) in [4.78, 5) is 0. The second-order valence-electron chi connectivity index (χ2n) is 2.07. The van der Waals surface area contributed by atoms with Crippen LogP contribution in [0.5, 0.6) is 0 Å². The second kappa shape index (κ2) is 2.71. The van der Waals surface area contributed by atoms with Gasteiger partial charge in [-0.15, -0.1) is 0 Å². The summed E-state index contributed by atoms with van der Waals surface area (Å²) in [6, 6.07) is 0. The number of ether oxygens (including phenoxy) is 1. The number of hydrogen-bond acceptors (Lipinski definition) is 2. The van der Waals surface area contributed by atoms with Gasteiger partial charge in [0.1, 0.15) is 5.76 Å². The number of halogens is 1. The normalized spacial score (nSPS) is 32.1. The fourth-order valence-electron chi connectivity index (χ4n) is 0.790. The molecule has 1 fully saturated rings. The van der Waals surface area contributed by atoms with Gasteiger partial charge in [0.2, 0.25) is 0 Å². The Morgan fingerprint density at radius 1 is 1.89 bits per heavy atom. The summed E-state index contributed by atoms with van der Waals surface area (Å²) < 4.78 is 6.00. The molecule has 0 aromatic heterocycles. The topological polar surface area (TPSA) is 29.5 Å². The molecule has 0 saturated carbocycles. The molecule has 0 radical (unpaired) electrons. The molecule has 9 heavy (non-hydrogen) atoms. The summed E-state index contributed by atoms with van der Waals surface area (Å²) in [6.07, 6.45) is 0.990. The van der Waals surface area contributed by atoms with Crippen molar-refractivity contribution in [3.8, 4) is 0 Å². The van der Waals surface area contributed by atoms with Gasteiger partial charge in [-0.3, -0.25) is 0 Å². The highest BCUT2D eigenvalue weighted by atomic mass is 79.9. The van der Waals surface area contributed by atoms with Gasteiger partial charge in [0.25, 0.3) is 0 Å². The molecule has 1 rings (SSSR count). The largest absolute Gasteiger partial charge is 0.469 e. The van der Waals surface area contributed by atoms with Crippen molar-refractivity contribution in [2.75, 3.05) is 0 Å². The lowest BCUT2D eigenvalue weighted by molar-refractivity contribution is -0.0354. The van der Waals surface area contributed by atoms with Crippen LogP contribution in [0.1, 0.15) is 19.8 Å². The quantitative estimate of drug-likeness (QED) is 0.634. The van der Waals surface area contributed by atoms with Crippen LogP contribution < -0.4 is 0 Å². The number of hydrogen-bond donors (Lipinski definition) is 1. The van der Waals surface area contributed by atoms with Crippen LogP contribution in [0.2, 0.25) is 0 Å². The highest BCUT2D eigenvalue weighted by Crippen LogP contribution is 2.26. The Balaban J connectivity index is 2.58. The van der Waals surface area contributed by atoms with Crippen LogP contribution in [0.25, 0.3) is 0 Å². The number of aliphatic hydroxyl groups excluding tert-OH is 1. The van der Waals surface area contributed by atoms with Crippen LogP contribution >= 0.6 is 15.9 Å². The van der Waals surface area contributed by atoms with Crippen LogP contribution in [-0.4, -0.2) is 11.4 Å². The third-order valence-corrected chi connectivity index (χ3v) is 1.72. The molecule has 0 spiro atoms. The van der Waals surface area contributed by atoms with E-state index in [4.69, 9.17) is 9.84 Å². The molecular formula is C6H9BrO2. The molecule has 0 amide bonds. The summed E-state index contributed by atoms with van der Waals surface area (Å²) in [5.41, 5.74) is 0. The molecule has 0 aromatic carbocycles. The predicted molar refractivity (Wildman–Crippen MR) is 38.0 cm³/mol. The van der Waals surface area contributed by atoms with Gasteiger partial charge in [0, 0.05) is 17.3 Å². The van der Waals surface area contributed by atoms with E-state index in [1.165, 1.54) is 0 Å². The standard InChI is InChI=1S/C6H9BrO2/c1-4(7)5-2-3-6(8)9-5/h6,8H,2-3H2,1H3/b5-4+. The zero-order valence-electron chi connectivity index (χ0n) is 5.22. The number of rotatable bonds is 0. The Labute approximate surface area is 62.6 Å². The SMILES string of the molecule is C/C(Br)=C1/CCC(O)O1. The molecule has 1 aliphatic rings. The van der Waals surface area contributed by atoms with E-state index in [0.29, 0.717) is 0 Å². The lowest BCUT2D eigenvalue weighted by Gasteiger charge is -2.01. The molecule has 3 heteroatoms. The number of aliphatic hydroxyl groups is 1. The van der Waals surface area contributed by atoms with E-state index < -0.39 is 6.29 Å². The molecule has 2 nitrogen and oxygen atoms in total. The van der Waals surface area contributed by atoms with Gasteiger partial charge >= 0.3 is 0 Å². The van der Waals surface area contributed by atoms with E-state index in [9.17, 15) is 0 Å². The maximum Gasteiger partial charge on any atom is 0.197 e. The zero-order valence-corrected chi connectivity index (χ0v) is 6.81. The zero-order chi connectivity index (χ0) is 6.85. The molecule has 1 unspecified atom stereocenters. The lowest BCUT2D eigenvalue weighted by Crippen LogP contribution is -1.99. The summed E-state index contributed by atoms with van der Waals surface area (Å²) in [5, 5.41) is 8.87. The molecule has 1 N–H and O–H groups in total. The number of allylic oxidation sites excluding steroid dienone is 2. The van der Waals surface area contributed by atoms with Crippen LogP contribution in [-0.2, 0) is 4.74 Å². The van der Waals surface area contributed by atoms with Crippen molar-refractivity contribution in [1.29, 1.82) is 0 Å². The average molecular weight is 193 g/mol. The van der Waals surface area contributed by atoms with Crippen molar-refractivity contribution in [3.63, 3.8) is 0 Å². The van der Waals surface area contributed by atoms with E-state index in [1.54, 1.807) is 0 Å². The van der Waals surface area contributed by atoms with E-state index >= 15 is 0 Å². The van der Waals surface area contributed by atoms with Crippen molar-refractivity contribution >= 4 is 15.9 Å². The Bertz CT molecular complexity index is 138. The van der Waals surface area contributed by atoms with Crippen molar-refractivity contribution in [2.45, 2.75) is 26.1 Å². The van der Waals surface area contributed by atoms with E-state index in [2.05, 4.69) is 15.9 Å². The van der Waals surface area contributed by atoms with E-state index in [1.807, 2.05) is 6.92 Å². The minimum Gasteiger partial charge on any atom is -0.469 e. The first kappa shape index (κ1) is 7.09. The Kier molecular flexibility index (Phi) is 2.13. The maximum absolute atomic E-state index is 8.87. The first-order chi connectivity index (χ1) is 4.20. The van der Waals surface area contributed by atoms with Gasteiger partial charge < -0.3 is 9.84 Å². The molecule has 1 heterocycles. The smallest absolute Gasteiger partial charge is 0.197 e. The average Bonchev–Trinajstić information content (AvgIpc) is 2.14. The maximum atomic E-state index is 8.87. The van der Waals surface area contributed by atoms with Crippen molar-refractivity contribution in [3.05, 3.63) is 10.2 Å². The first-order valence-corrected chi connectivity index (χ1v) is 3.69. The Hall–Kier alpha value is -0.0200. The summed E-state index contributed by atoms with van der Waals surface area (Å²) in [7, 11) is 0. The summed E-state index contributed by atoms with van der Waals surface area (Å²) >= 11 is 3.27. The van der Waals surface area contributed by atoms with Crippen LogP contribution in [0.15, 0.2) is 10.2 Å². The molecule has 1 saturated heterocycles. The minimum atomic E-state index is -0.576. The van der Waals surface area contributed by atoms with Gasteiger partial charge in [0.05, 0.1) is 0 Å². The fraction of sp³-hybridized carbons (Fsp3) is 0.667. The summed E-state index contributed by atoms with van der Waals surface area (Å²) in [6.45, 7) is 1.91. The second-order valence-corrected chi connectivity index (χ2v) is 3.26. The molecule has 0 bridgehead atoms. The van der Waals surface area contributed by atoms with E-state index in [-0.39, 0.29) is 0 Å². The molecule has 52 valence electrons. The Morgan fingerprint density at radius 2 is 2.56 bits per heavy atom. The van der Waals surface area contributed by atoms with Crippen LogP contribution in [0.3, 0.4) is 0 Å². The first-order valence-electron chi connectivity index (χ1n) is 2.90. The van der Waals surface area contributed by atoms with Gasteiger partial charge in [-0.2, -0.15) is 0 Å². The molecule has 0 aromatic rings. The Morgan fingerprint density at radius 3 is 2.78 bits per heavy atom. The highest BCUT2D eigenvalue weighted by molar-refractivity contribution is 9.11. The lowest BCUT2D eigenvalue weighted by atomic mass is 10.3. The monoisotopic (exact) mass is 192 g/mol. The van der Waals surface area contributed by atoms with Crippen molar-refractivity contribution in [2.24, 2.45) is 0 Å². The van der Waals surface area contributed by atoms with Gasteiger partial charge in [-0.1, -0.05) is 15.9 Å². The van der Waals surface area contributed by atoms with Crippen LogP contribution in [0, 0.1) is 0 Å². The predicted octanol–water partition coefficient (Wildman–Crippen LogP) is 1.74. The third-order valence-electron chi connectivity index (χ3n) is 1.28.